The SMILES string of the molecule is CCC(=O)O[C@@H]1O[C@H](COC(=O)/C=C/C(=O)OC[C@H]2O[C@@H](OC(=O)CC)[C@H](OC(=O)CC)[C@@H](OC(=O)CC)[C@@H]2OC(=O)CC)[C@@H](OC(=O)CC)[C@H](OC(=O)CC)[C@H]1OC(=O)CC. The summed E-state index contributed by atoms with van der Waals surface area (Å²) in [5.41, 5.74) is 0. The van der Waals surface area contributed by atoms with Crippen LogP contribution in [0.3, 0.4) is 0 Å². The van der Waals surface area contributed by atoms with Crippen molar-refractivity contribution in [2.75, 3.05) is 13.2 Å². The fourth-order valence-corrected chi connectivity index (χ4v) is 5.42. The Bertz CT molecular complexity index is 1510. The van der Waals surface area contributed by atoms with Gasteiger partial charge in [-0.2, -0.15) is 0 Å². The average Bonchev–Trinajstić information content (AvgIpc) is 3.26. The monoisotopic (exact) mass is 888 g/mol. The standard InChI is InChI=1S/C40H56O22/c1-9-23(41)55-33-21(53-39(61-29(47)15-7)37(59-27(45)13-5)35(33)57-25(43)11-3)19-51-31(49)17-18-32(50)52-20-22-34(56-24(42)10-2)36(58-26(44)12-4)38(60-28(46)14-6)40(54-22)62-30(48)16-8/h17-18,21-22,33-40H,9-16,19-20H2,1-8H3/b18-17+/t21-,22-,33-,34-,35+,36+,37-,38-,39+,40+/m1/s1. The second-order valence-electron chi connectivity index (χ2n) is 13.2. The number of ether oxygens (including phenoxy) is 12. The molecule has 2 saturated heterocycles. The molecule has 0 radical (unpaired) electrons. The molecule has 2 aliphatic rings. The van der Waals surface area contributed by atoms with E-state index in [4.69, 9.17) is 56.8 Å². The lowest BCUT2D eigenvalue weighted by atomic mass is 9.98. The maximum atomic E-state index is 12.9. The molecule has 0 saturated carbocycles. The maximum Gasteiger partial charge on any atom is 0.331 e. The van der Waals surface area contributed by atoms with E-state index in [0.29, 0.717) is 12.2 Å². The molecule has 0 N–H and O–H groups in total. The molecule has 0 unspecified atom stereocenters. The highest BCUT2D eigenvalue weighted by molar-refractivity contribution is 5.91. The van der Waals surface area contributed by atoms with Crippen LogP contribution in [0.25, 0.3) is 0 Å². The number of carbonyl (C=O) groups is 10. The summed E-state index contributed by atoms with van der Waals surface area (Å²) in [5.74, 6) is -8.83. The molecule has 22 heteroatoms. The van der Waals surface area contributed by atoms with Crippen molar-refractivity contribution in [3.05, 3.63) is 12.2 Å². The fourth-order valence-electron chi connectivity index (χ4n) is 5.42. The van der Waals surface area contributed by atoms with Gasteiger partial charge in [0.2, 0.25) is 24.8 Å². The van der Waals surface area contributed by atoms with Crippen molar-refractivity contribution in [1.82, 2.24) is 0 Å². The fraction of sp³-hybridized carbons (Fsp3) is 0.700. The first-order valence-electron chi connectivity index (χ1n) is 20.4. The van der Waals surface area contributed by atoms with Gasteiger partial charge in [-0.05, 0) is 0 Å². The predicted molar refractivity (Wildman–Crippen MR) is 202 cm³/mol. The Morgan fingerprint density at radius 2 is 0.565 bits per heavy atom. The predicted octanol–water partition coefficient (Wildman–Crippen LogP) is 1.92. The first kappa shape index (κ1) is 52.5. The van der Waals surface area contributed by atoms with Crippen LogP contribution in [0.5, 0.6) is 0 Å². The van der Waals surface area contributed by atoms with Gasteiger partial charge in [0.05, 0.1) is 0 Å². The minimum absolute atomic E-state index is 0.143. The number of rotatable bonds is 22. The highest BCUT2D eigenvalue weighted by atomic mass is 16.8. The van der Waals surface area contributed by atoms with Crippen LogP contribution in [-0.2, 0) is 105 Å². The molecule has 0 aliphatic carbocycles. The molecule has 2 aliphatic heterocycles. The quantitative estimate of drug-likeness (QED) is 0.0852. The Morgan fingerprint density at radius 1 is 0.339 bits per heavy atom. The van der Waals surface area contributed by atoms with E-state index in [0.717, 1.165) is 0 Å². The van der Waals surface area contributed by atoms with E-state index >= 15 is 0 Å². The van der Waals surface area contributed by atoms with Gasteiger partial charge in [0.1, 0.15) is 25.4 Å². The van der Waals surface area contributed by atoms with E-state index in [9.17, 15) is 47.9 Å². The maximum absolute atomic E-state index is 12.9. The second-order valence-corrected chi connectivity index (χ2v) is 13.2. The molecule has 2 fully saturated rings. The van der Waals surface area contributed by atoms with E-state index in [2.05, 4.69) is 0 Å². The van der Waals surface area contributed by atoms with Gasteiger partial charge < -0.3 is 56.8 Å². The highest BCUT2D eigenvalue weighted by Crippen LogP contribution is 2.32. The van der Waals surface area contributed by atoms with Crippen LogP contribution in [0, 0.1) is 0 Å². The highest BCUT2D eigenvalue weighted by Gasteiger charge is 2.55. The van der Waals surface area contributed by atoms with Crippen LogP contribution < -0.4 is 0 Å². The number of esters is 10. The van der Waals surface area contributed by atoms with Crippen LogP contribution in [-0.4, -0.2) is 134 Å². The zero-order valence-corrected chi connectivity index (χ0v) is 36.0. The summed E-state index contributed by atoms with van der Waals surface area (Å²) in [6.07, 6.45) is -15.9. The molecule has 0 bridgehead atoms. The lowest BCUT2D eigenvalue weighted by Gasteiger charge is -2.43. The lowest BCUT2D eigenvalue weighted by molar-refractivity contribution is -0.301. The van der Waals surface area contributed by atoms with Crippen molar-refractivity contribution in [2.24, 2.45) is 0 Å². The minimum Gasteiger partial charge on any atom is -0.460 e. The lowest BCUT2D eigenvalue weighted by Crippen LogP contribution is -2.63. The smallest absolute Gasteiger partial charge is 0.331 e. The van der Waals surface area contributed by atoms with E-state index in [-0.39, 0.29) is 51.4 Å². The molecular weight excluding hydrogens is 832 g/mol. The largest absolute Gasteiger partial charge is 0.460 e. The van der Waals surface area contributed by atoms with E-state index in [1.807, 2.05) is 0 Å². The van der Waals surface area contributed by atoms with Gasteiger partial charge in [-0.15, -0.1) is 0 Å². The zero-order chi connectivity index (χ0) is 46.5. The summed E-state index contributed by atoms with van der Waals surface area (Å²) in [6.45, 7) is 10.3. The van der Waals surface area contributed by atoms with E-state index < -0.39 is 134 Å². The Hall–Kier alpha value is -5.64. The summed E-state index contributed by atoms with van der Waals surface area (Å²) >= 11 is 0. The van der Waals surface area contributed by atoms with Crippen LogP contribution in [0.15, 0.2) is 12.2 Å². The third kappa shape index (κ3) is 16.3. The van der Waals surface area contributed by atoms with E-state index in [1.54, 1.807) is 0 Å². The van der Waals surface area contributed by atoms with Crippen molar-refractivity contribution in [3.63, 3.8) is 0 Å². The molecular formula is C40H56O22. The molecule has 10 atom stereocenters. The molecule has 62 heavy (non-hydrogen) atoms. The van der Waals surface area contributed by atoms with Crippen molar-refractivity contribution in [2.45, 2.75) is 168 Å². The van der Waals surface area contributed by atoms with Crippen LogP contribution >= 0.6 is 0 Å². The summed E-state index contributed by atoms with van der Waals surface area (Å²) in [6, 6.07) is 0. The first-order chi connectivity index (χ1) is 29.5. The van der Waals surface area contributed by atoms with Crippen LogP contribution in [0.1, 0.15) is 107 Å². The van der Waals surface area contributed by atoms with Gasteiger partial charge >= 0.3 is 59.7 Å². The Labute approximate surface area is 357 Å². The minimum atomic E-state index is -1.72. The Morgan fingerprint density at radius 3 is 0.823 bits per heavy atom. The van der Waals surface area contributed by atoms with Crippen molar-refractivity contribution >= 4 is 59.7 Å². The molecule has 0 spiro atoms. The summed E-state index contributed by atoms with van der Waals surface area (Å²) in [4.78, 5) is 126. The van der Waals surface area contributed by atoms with Gasteiger partial charge in [-0.3, -0.25) is 38.4 Å². The molecule has 2 heterocycles. The molecule has 22 nitrogen and oxygen atoms in total. The van der Waals surface area contributed by atoms with E-state index in [1.165, 1.54) is 55.4 Å². The summed E-state index contributed by atoms with van der Waals surface area (Å²) < 4.78 is 65.9. The molecule has 0 aromatic heterocycles. The molecule has 348 valence electrons. The Balaban J connectivity index is 2.36. The topological polar surface area (TPSA) is 281 Å². The third-order valence-corrected chi connectivity index (χ3v) is 8.73. The van der Waals surface area contributed by atoms with Gasteiger partial charge in [0.25, 0.3) is 0 Å². The summed E-state index contributed by atoms with van der Waals surface area (Å²) in [7, 11) is 0. The zero-order valence-electron chi connectivity index (χ0n) is 36.0. The summed E-state index contributed by atoms with van der Waals surface area (Å²) in [5, 5.41) is 0. The van der Waals surface area contributed by atoms with Crippen LogP contribution in [0.4, 0.5) is 0 Å². The Kier molecular flexibility index (Phi) is 22.6. The molecule has 0 aromatic carbocycles. The van der Waals surface area contributed by atoms with Gasteiger partial charge in [-0.1, -0.05) is 55.4 Å². The van der Waals surface area contributed by atoms with Gasteiger partial charge in [-0.25, -0.2) is 9.59 Å². The third-order valence-electron chi connectivity index (χ3n) is 8.73. The van der Waals surface area contributed by atoms with Gasteiger partial charge in [0, 0.05) is 63.5 Å². The molecule has 0 aromatic rings. The van der Waals surface area contributed by atoms with Crippen molar-refractivity contribution < 1.29 is 105 Å². The van der Waals surface area contributed by atoms with Crippen molar-refractivity contribution in [1.29, 1.82) is 0 Å². The van der Waals surface area contributed by atoms with Gasteiger partial charge in [0.15, 0.2) is 24.4 Å². The van der Waals surface area contributed by atoms with Crippen molar-refractivity contribution in [3.8, 4) is 0 Å². The first-order valence-corrected chi connectivity index (χ1v) is 20.4. The number of carbonyl (C=O) groups excluding carboxylic acids is 10. The number of hydrogen-bond donors (Lipinski definition) is 0. The normalized spacial score (nSPS) is 25.5. The number of hydrogen-bond acceptors (Lipinski definition) is 22. The average molecular weight is 889 g/mol. The second kappa shape index (κ2) is 26.6. The molecule has 0 amide bonds. The molecule has 2 rings (SSSR count). The van der Waals surface area contributed by atoms with Crippen LogP contribution in [0.2, 0.25) is 0 Å².